The van der Waals surface area contributed by atoms with E-state index in [9.17, 15) is 14.4 Å². The van der Waals surface area contributed by atoms with E-state index >= 15 is 0 Å². The van der Waals surface area contributed by atoms with Crippen LogP contribution in [0.15, 0.2) is 77.4 Å². The summed E-state index contributed by atoms with van der Waals surface area (Å²) in [7, 11) is 0. The smallest absolute Gasteiger partial charge is 0.321 e. The highest BCUT2D eigenvalue weighted by molar-refractivity contribution is 6.04. The van der Waals surface area contributed by atoms with Crippen LogP contribution in [0.25, 0.3) is 0 Å². The van der Waals surface area contributed by atoms with Crippen LogP contribution in [0.1, 0.15) is 20.9 Å². The van der Waals surface area contributed by atoms with Gasteiger partial charge in [0.2, 0.25) is 0 Å². The van der Waals surface area contributed by atoms with Crippen molar-refractivity contribution in [3.05, 3.63) is 84.3 Å². The fourth-order valence-corrected chi connectivity index (χ4v) is 3.34. The average Bonchev–Trinajstić information content (AvgIpc) is 3.34. The van der Waals surface area contributed by atoms with Crippen molar-refractivity contribution in [2.45, 2.75) is 0 Å². The fraction of sp³-hybridized carbons (Fsp3) is 0.174. The molecule has 1 aliphatic heterocycles. The van der Waals surface area contributed by atoms with Gasteiger partial charge in [-0.05, 0) is 42.5 Å². The highest BCUT2D eigenvalue weighted by atomic mass is 16.3. The predicted molar refractivity (Wildman–Crippen MR) is 116 cm³/mol. The molecule has 31 heavy (non-hydrogen) atoms. The minimum atomic E-state index is -0.253. The molecule has 8 nitrogen and oxygen atoms in total. The van der Waals surface area contributed by atoms with Gasteiger partial charge < -0.3 is 24.9 Å². The number of piperazine rings is 1. The van der Waals surface area contributed by atoms with E-state index in [0.717, 1.165) is 0 Å². The molecule has 0 unspecified atom stereocenters. The van der Waals surface area contributed by atoms with Crippen molar-refractivity contribution >= 4 is 29.2 Å². The first kappa shape index (κ1) is 20.2. The van der Waals surface area contributed by atoms with Crippen LogP contribution in [0.4, 0.5) is 16.2 Å². The topological polar surface area (TPSA) is 94.9 Å². The van der Waals surface area contributed by atoms with Crippen LogP contribution in [0.2, 0.25) is 0 Å². The summed E-state index contributed by atoms with van der Waals surface area (Å²) in [5.74, 6) is -0.0967. The van der Waals surface area contributed by atoms with Crippen LogP contribution in [0.5, 0.6) is 0 Å². The zero-order valence-electron chi connectivity index (χ0n) is 16.8. The van der Waals surface area contributed by atoms with Crippen LogP contribution in [0, 0.1) is 0 Å². The molecule has 0 bridgehead atoms. The molecule has 2 aromatic carbocycles. The Morgan fingerprint density at radius 2 is 1.42 bits per heavy atom. The van der Waals surface area contributed by atoms with Crippen molar-refractivity contribution in [3.63, 3.8) is 0 Å². The van der Waals surface area contributed by atoms with Crippen molar-refractivity contribution in [2.75, 3.05) is 36.8 Å². The second-order valence-corrected chi connectivity index (χ2v) is 7.09. The van der Waals surface area contributed by atoms with Crippen LogP contribution in [0.3, 0.4) is 0 Å². The molecule has 3 aromatic rings. The number of carbonyl (C=O) groups is 3. The second kappa shape index (κ2) is 9.17. The molecule has 4 amide bonds. The van der Waals surface area contributed by atoms with Crippen molar-refractivity contribution in [1.29, 1.82) is 0 Å². The van der Waals surface area contributed by atoms with Gasteiger partial charge in [-0.2, -0.15) is 0 Å². The summed E-state index contributed by atoms with van der Waals surface area (Å²) in [5.41, 5.74) is 1.71. The number of amides is 4. The summed E-state index contributed by atoms with van der Waals surface area (Å²) in [4.78, 5) is 40.6. The van der Waals surface area contributed by atoms with Gasteiger partial charge in [-0.3, -0.25) is 9.59 Å². The lowest BCUT2D eigenvalue weighted by molar-refractivity contribution is 0.0640. The Balaban J connectivity index is 1.31. The zero-order valence-corrected chi connectivity index (χ0v) is 16.8. The first-order chi connectivity index (χ1) is 15.1. The standard InChI is InChI=1S/C23H22N4O4/c28-21(17-6-2-1-3-7-17)24-18-8-4-9-19(16-18)25-23(30)27-13-11-26(12-14-27)22(29)20-10-5-15-31-20/h1-10,15-16H,11-14H2,(H,24,28)(H,25,30). The fourth-order valence-electron chi connectivity index (χ4n) is 3.34. The Kier molecular flexibility index (Phi) is 5.98. The number of hydrogen-bond donors (Lipinski definition) is 2. The molecule has 0 aliphatic carbocycles. The maximum Gasteiger partial charge on any atom is 0.321 e. The Hall–Kier alpha value is -4.07. The van der Waals surface area contributed by atoms with Crippen molar-refractivity contribution < 1.29 is 18.8 Å². The molecule has 0 saturated carbocycles. The monoisotopic (exact) mass is 418 g/mol. The first-order valence-corrected chi connectivity index (χ1v) is 9.95. The summed E-state index contributed by atoms with van der Waals surface area (Å²) in [6.07, 6.45) is 1.47. The van der Waals surface area contributed by atoms with Gasteiger partial charge in [0.05, 0.1) is 6.26 Å². The maximum absolute atomic E-state index is 12.6. The lowest BCUT2D eigenvalue weighted by Gasteiger charge is -2.34. The molecule has 0 radical (unpaired) electrons. The van der Waals surface area contributed by atoms with Gasteiger partial charge in [0, 0.05) is 43.1 Å². The number of rotatable bonds is 4. The first-order valence-electron chi connectivity index (χ1n) is 9.95. The quantitative estimate of drug-likeness (QED) is 0.678. The normalized spacial score (nSPS) is 13.5. The van der Waals surface area contributed by atoms with E-state index < -0.39 is 0 Å². The number of hydrogen-bond acceptors (Lipinski definition) is 4. The SMILES string of the molecule is O=C(Nc1cccc(NC(=O)N2CCN(C(=O)c3ccco3)CC2)c1)c1ccccc1. The molecule has 1 saturated heterocycles. The van der Waals surface area contributed by atoms with Gasteiger partial charge in [-0.15, -0.1) is 0 Å². The van der Waals surface area contributed by atoms with E-state index in [2.05, 4.69) is 10.6 Å². The highest BCUT2D eigenvalue weighted by Gasteiger charge is 2.26. The van der Waals surface area contributed by atoms with Crippen LogP contribution < -0.4 is 10.6 Å². The molecular weight excluding hydrogens is 396 g/mol. The van der Waals surface area contributed by atoms with Gasteiger partial charge in [-0.25, -0.2) is 4.79 Å². The van der Waals surface area contributed by atoms with Crippen LogP contribution >= 0.6 is 0 Å². The Labute approximate surface area is 179 Å². The number of anilines is 2. The molecule has 1 aliphatic rings. The molecule has 158 valence electrons. The number of nitrogens with one attached hydrogen (secondary N) is 2. The van der Waals surface area contributed by atoms with E-state index in [1.807, 2.05) is 6.07 Å². The second-order valence-electron chi connectivity index (χ2n) is 7.09. The summed E-state index contributed by atoms with van der Waals surface area (Å²) in [6.45, 7) is 1.70. The minimum Gasteiger partial charge on any atom is -0.459 e. The highest BCUT2D eigenvalue weighted by Crippen LogP contribution is 2.17. The lowest BCUT2D eigenvalue weighted by atomic mass is 10.2. The Bertz CT molecular complexity index is 1060. The zero-order chi connectivity index (χ0) is 21.6. The summed E-state index contributed by atoms with van der Waals surface area (Å²) in [6, 6.07) is 18.9. The van der Waals surface area contributed by atoms with Gasteiger partial charge in [0.25, 0.3) is 11.8 Å². The summed E-state index contributed by atoms with van der Waals surface area (Å²) < 4.78 is 5.15. The predicted octanol–water partition coefficient (Wildman–Crippen LogP) is 3.52. The number of urea groups is 1. The van der Waals surface area contributed by atoms with Gasteiger partial charge >= 0.3 is 6.03 Å². The third kappa shape index (κ3) is 4.92. The average molecular weight is 418 g/mol. The van der Waals surface area contributed by atoms with E-state index in [1.54, 1.807) is 70.5 Å². The molecule has 0 spiro atoms. The molecule has 2 heterocycles. The lowest BCUT2D eigenvalue weighted by Crippen LogP contribution is -2.51. The van der Waals surface area contributed by atoms with E-state index in [0.29, 0.717) is 48.9 Å². The summed E-state index contributed by atoms with van der Waals surface area (Å²) >= 11 is 0. The number of furan rings is 1. The molecule has 1 aromatic heterocycles. The molecule has 1 fully saturated rings. The van der Waals surface area contributed by atoms with E-state index in [1.165, 1.54) is 6.26 Å². The Morgan fingerprint density at radius 3 is 2.10 bits per heavy atom. The summed E-state index contributed by atoms with van der Waals surface area (Å²) in [5, 5.41) is 5.68. The molecule has 0 atom stereocenters. The van der Waals surface area contributed by atoms with Gasteiger partial charge in [-0.1, -0.05) is 24.3 Å². The maximum atomic E-state index is 12.6. The van der Waals surface area contributed by atoms with E-state index in [-0.39, 0.29) is 17.8 Å². The van der Waals surface area contributed by atoms with Crippen molar-refractivity contribution in [2.24, 2.45) is 0 Å². The van der Waals surface area contributed by atoms with E-state index in [4.69, 9.17) is 4.42 Å². The van der Waals surface area contributed by atoms with Gasteiger partial charge in [0.1, 0.15) is 0 Å². The van der Waals surface area contributed by atoms with Crippen molar-refractivity contribution in [1.82, 2.24) is 9.80 Å². The Morgan fingerprint density at radius 1 is 0.742 bits per heavy atom. The number of nitrogens with zero attached hydrogens (tertiary/aromatic N) is 2. The molecule has 2 N–H and O–H groups in total. The largest absolute Gasteiger partial charge is 0.459 e. The third-order valence-electron chi connectivity index (χ3n) is 4.99. The van der Waals surface area contributed by atoms with Crippen LogP contribution in [-0.4, -0.2) is 53.8 Å². The van der Waals surface area contributed by atoms with Crippen molar-refractivity contribution in [3.8, 4) is 0 Å². The number of carbonyl (C=O) groups excluding carboxylic acids is 3. The molecule has 4 rings (SSSR count). The third-order valence-corrected chi connectivity index (χ3v) is 4.99. The minimum absolute atomic E-state index is 0.174. The molecule has 8 heteroatoms. The molecular formula is C23H22N4O4. The van der Waals surface area contributed by atoms with Crippen LogP contribution in [-0.2, 0) is 0 Å². The van der Waals surface area contributed by atoms with Gasteiger partial charge in [0.15, 0.2) is 5.76 Å². The number of benzene rings is 2.